The van der Waals surface area contributed by atoms with Crippen molar-refractivity contribution < 1.29 is 23.9 Å². The van der Waals surface area contributed by atoms with Crippen LogP contribution in [0.2, 0.25) is 0 Å². The highest BCUT2D eigenvalue weighted by molar-refractivity contribution is 6.04. The Labute approximate surface area is 167 Å². The molecule has 0 unspecified atom stereocenters. The highest BCUT2D eigenvalue weighted by atomic mass is 16.6. The molecule has 3 amide bonds. The molecular weight excluding hydrogens is 364 g/mol. The van der Waals surface area contributed by atoms with Crippen LogP contribution in [-0.4, -0.2) is 92.8 Å². The van der Waals surface area contributed by atoms with Gasteiger partial charge < -0.3 is 25.0 Å². The van der Waals surface area contributed by atoms with Gasteiger partial charge in [0.15, 0.2) is 0 Å². The van der Waals surface area contributed by atoms with E-state index >= 15 is 0 Å². The number of nitrogens with zero attached hydrogens (tertiary/aromatic N) is 2. The van der Waals surface area contributed by atoms with Gasteiger partial charge in [-0.2, -0.15) is 0 Å². The van der Waals surface area contributed by atoms with Crippen LogP contribution >= 0.6 is 0 Å². The van der Waals surface area contributed by atoms with Crippen molar-refractivity contribution in [1.82, 2.24) is 20.4 Å². The van der Waals surface area contributed by atoms with Gasteiger partial charge in [-0.05, 0) is 33.6 Å². The predicted octanol–water partition coefficient (Wildman–Crippen LogP) is 0.198. The zero-order chi connectivity index (χ0) is 20.6. The van der Waals surface area contributed by atoms with Crippen LogP contribution in [0.1, 0.15) is 33.6 Å². The topological polar surface area (TPSA) is 100 Å². The monoisotopic (exact) mass is 398 g/mol. The van der Waals surface area contributed by atoms with E-state index in [1.54, 1.807) is 25.7 Å². The molecule has 2 saturated heterocycles. The Balaban J connectivity index is 1.72. The number of piperidine rings is 1. The summed E-state index contributed by atoms with van der Waals surface area (Å²) in [7, 11) is 0. The van der Waals surface area contributed by atoms with Crippen molar-refractivity contribution in [2.24, 2.45) is 5.41 Å². The lowest BCUT2D eigenvalue weighted by atomic mass is 9.90. The van der Waals surface area contributed by atoms with E-state index in [2.05, 4.69) is 15.5 Å². The first-order chi connectivity index (χ1) is 13.3. The fraction of sp³-hybridized carbons (Fsp3) is 0.842. The Hall–Kier alpha value is -1.87. The third-order valence-corrected chi connectivity index (χ3v) is 5.31. The van der Waals surface area contributed by atoms with Gasteiger partial charge in [-0.15, -0.1) is 0 Å². The summed E-state index contributed by atoms with van der Waals surface area (Å²) in [4.78, 5) is 40.8. The molecule has 9 heteroatoms. The summed E-state index contributed by atoms with van der Waals surface area (Å²) in [6, 6.07) is -0.0430. The smallest absolute Gasteiger partial charge is 0.409 e. The van der Waals surface area contributed by atoms with E-state index in [-0.39, 0.29) is 23.9 Å². The average Bonchev–Trinajstić information content (AvgIpc) is 2.69. The van der Waals surface area contributed by atoms with Crippen molar-refractivity contribution >= 4 is 17.9 Å². The molecule has 2 rings (SSSR count). The summed E-state index contributed by atoms with van der Waals surface area (Å²) in [6.45, 7) is 10.9. The first-order valence-electron chi connectivity index (χ1n) is 10.2. The number of hydrogen-bond acceptors (Lipinski definition) is 6. The number of likely N-dealkylation sites (tertiary alicyclic amines) is 1. The summed E-state index contributed by atoms with van der Waals surface area (Å²) in [5, 5.41) is 5.84. The van der Waals surface area contributed by atoms with Gasteiger partial charge >= 0.3 is 6.09 Å². The molecule has 2 fully saturated rings. The summed E-state index contributed by atoms with van der Waals surface area (Å²) in [6.07, 6.45) is 0.991. The zero-order valence-corrected chi connectivity index (χ0v) is 17.3. The van der Waals surface area contributed by atoms with E-state index in [4.69, 9.17) is 9.47 Å². The zero-order valence-electron chi connectivity index (χ0n) is 17.3. The molecule has 0 aliphatic carbocycles. The van der Waals surface area contributed by atoms with Gasteiger partial charge in [-0.3, -0.25) is 14.5 Å². The van der Waals surface area contributed by atoms with Crippen molar-refractivity contribution in [3.8, 4) is 0 Å². The number of ether oxygens (including phenoxy) is 2. The lowest BCUT2D eigenvalue weighted by Gasteiger charge is -2.33. The lowest BCUT2D eigenvalue weighted by molar-refractivity contribution is -0.141. The van der Waals surface area contributed by atoms with Gasteiger partial charge in [0, 0.05) is 45.3 Å². The van der Waals surface area contributed by atoms with Crippen LogP contribution in [0.5, 0.6) is 0 Å². The van der Waals surface area contributed by atoms with E-state index in [1.807, 2.05) is 0 Å². The SMILES string of the molecule is CCOC(=O)N1CCC(NC(=O)C(C)(C)C(=O)NCCN2CCOCC2)CC1. The summed E-state index contributed by atoms with van der Waals surface area (Å²) in [5.74, 6) is -0.562. The van der Waals surface area contributed by atoms with Gasteiger partial charge in [0.1, 0.15) is 5.41 Å². The van der Waals surface area contributed by atoms with E-state index in [1.165, 1.54) is 0 Å². The van der Waals surface area contributed by atoms with Crippen molar-refractivity contribution in [2.75, 3.05) is 59.1 Å². The number of carbonyl (C=O) groups is 3. The quantitative estimate of drug-likeness (QED) is 0.594. The number of morpholine rings is 1. The molecule has 0 aromatic rings. The third kappa shape index (κ3) is 6.34. The molecule has 2 aliphatic heterocycles. The second-order valence-corrected chi connectivity index (χ2v) is 7.77. The minimum atomic E-state index is -1.15. The van der Waals surface area contributed by atoms with E-state index in [0.29, 0.717) is 39.1 Å². The van der Waals surface area contributed by atoms with Crippen LogP contribution in [0.15, 0.2) is 0 Å². The van der Waals surface area contributed by atoms with Crippen molar-refractivity contribution in [1.29, 1.82) is 0 Å². The molecule has 0 aromatic carbocycles. The number of carbonyl (C=O) groups excluding carboxylic acids is 3. The Morgan fingerprint density at radius 2 is 1.71 bits per heavy atom. The Morgan fingerprint density at radius 3 is 2.32 bits per heavy atom. The summed E-state index contributed by atoms with van der Waals surface area (Å²) < 4.78 is 10.3. The van der Waals surface area contributed by atoms with Crippen LogP contribution < -0.4 is 10.6 Å². The molecule has 0 aromatic heterocycles. The molecule has 0 radical (unpaired) electrons. The first-order valence-corrected chi connectivity index (χ1v) is 10.2. The molecule has 2 aliphatic rings. The van der Waals surface area contributed by atoms with Crippen molar-refractivity contribution in [2.45, 2.75) is 39.7 Å². The third-order valence-electron chi connectivity index (χ3n) is 5.31. The number of amides is 3. The van der Waals surface area contributed by atoms with Crippen LogP contribution in [-0.2, 0) is 19.1 Å². The maximum atomic E-state index is 12.7. The second kappa shape index (κ2) is 10.6. The molecule has 2 N–H and O–H groups in total. The van der Waals surface area contributed by atoms with Crippen LogP contribution in [0.3, 0.4) is 0 Å². The standard InChI is InChI=1S/C19H34N4O5/c1-4-28-18(26)23-8-5-15(6-9-23)21-17(25)19(2,3)16(24)20-7-10-22-11-13-27-14-12-22/h15H,4-14H2,1-3H3,(H,20,24)(H,21,25). The molecular formula is C19H34N4O5. The van der Waals surface area contributed by atoms with Crippen LogP contribution in [0.25, 0.3) is 0 Å². The molecule has 2 heterocycles. The molecule has 28 heavy (non-hydrogen) atoms. The highest BCUT2D eigenvalue weighted by Crippen LogP contribution is 2.18. The van der Waals surface area contributed by atoms with Crippen molar-refractivity contribution in [3.05, 3.63) is 0 Å². The summed E-state index contributed by atoms with van der Waals surface area (Å²) >= 11 is 0. The normalized spacial score (nSPS) is 19.2. The molecule has 0 atom stereocenters. The molecule has 0 saturated carbocycles. The fourth-order valence-electron chi connectivity index (χ4n) is 3.26. The van der Waals surface area contributed by atoms with Crippen LogP contribution in [0, 0.1) is 5.41 Å². The maximum Gasteiger partial charge on any atom is 0.409 e. The van der Waals surface area contributed by atoms with Gasteiger partial charge in [0.05, 0.1) is 19.8 Å². The fourth-order valence-corrected chi connectivity index (χ4v) is 3.26. The highest BCUT2D eigenvalue weighted by Gasteiger charge is 2.37. The van der Waals surface area contributed by atoms with Gasteiger partial charge in [-0.1, -0.05) is 0 Å². The van der Waals surface area contributed by atoms with Gasteiger partial charge in [0.25, 0.3) is 0 Å². The van der Waals surface area contributed by atoms with E-state index < -0.39 is 5.41 Å². The Bertz CT molecular complexity index is 540. The molecule has 9 nitrogen and oxygen atoms in total. The maximum absolute atomic E-state index is 12.7. The minimum Gasteiger partial charge on any atom is -0.450 e. The predicted molar refractivity (Wildman–Crippen MR) is 104 cm³/mol. The minimum absolute atomic E-state index is 0.0430. The van der Waals surface area contributed by atoms with Crippen LogP contribution in [0.4, 0.5) is 4.79 Å². The second-order valence-electron chi connectivity index (χ2n) is 7.77. The van der Waals surface area contributed by atoms with Gasteiger partial charge in [-0.25, -0.2) is 4.79 Å². The average molecular weight is 399 g/mol. The number of nitrogens with one attached hydrogen (secondary N) is 2. The number of rotatable bonds is 7. The largest absolute Gasteiger partial charge is 0.450 e. The molecule has 0 bridgehead atoms. The van der Waals surface area contributed by atoms with Crippen molar-refractivity contribution in [3.63, 3.8) is 0 Å². The Kier molecular flexibility index (Phi) is 8.50. The first kappa shape index (κ1) is 22.4. The van der Waals surface area contributed by atoms with E-state index in [9.17, 15) is 14.4 Å². The molecule has 0 spiro atoms. The summed E-state index contributed by atoms with van der Waals surface area (Å²) in [5.41, 5.74) is -1.15. The van der Waals surface area contributed by atoms with E-state index in [0.717, 1.165) is 32.8 Å². The Morgan fingerprint density at radius 1 is 1.07 bits per heavy atom. The molecule has 160 valence electrons. The lowest BCUT2D eigenvalue weighted by Crippen LogP contribution is -2.54. The van der Waals surface area contributed by atoms with Gasteiger partial charge in [0.2, 0.25) is 11.8 Å². The number of hydrogen-bond donors (Lipinski definition) is 2.